The highest BCUT2D eigenvalue weighted by Crippen LogP contribution is 2.37. The van der Waals surface area contributed by atoms with Crippen LogP contribution in [0.1, 0.15) is 54.4 Å². The van der Waals surface area contributed by atoms with Crippen molar-refractivity contribution >= 4 is 0 Å². The average molecular weight is 188 g/mol. The maximum Gasteiger partial charge on any atom is 0.111 e. The van der Waals surface area contributed by atoms with Crippen molar-refractivity contribution in [2.75, 3.05) is 0 Å². The summed E-state index contributed by atoms with van der Waals surface area (Å²) in [7, 11) is 0. The largest absolute Gasteiger partial charge is 0.244 e. The zero-order valence-electron chi connectivity index (χ0n) is 10.0. The fourth-order valence-electron chi connectivity index (χ4n) is 2.82. The molecular formula is C12H25F. The molecule has 0 bridgehead atoms. The molecule has 1 atom stereocenters. The Hall–Kier alpha value is -0.0700. The molecule has 0 nitrogen and oxygen atoms in total. The topological polar surface area (TPSA) is 0 Å². The van der Waals surface area contributed by atoms with E-state index in [1.165, 1.54) is 0 Å². The molecule has 0 aliphatic carbocycles. The van der Waals surface area contributed by atoms with Crippen LogP contribution in [0.15, 0.2) is 0 Å². The first-order chi connectivity index (χ1) is 5.83. The van der Waals surface area contributed by atoms with Crippen LogP contribution in [0.3, 0.4) is 0 Å². The van der Waals surface area contributed by atoms with Gasteiger partial charge in [0.05, 0.1) is 0 Å². The highest BCUT2D eigenvalue weighted by molar-refractivity contribution is 4.86. The van der Waals surface area contributed by atoms with Gasteiger partial charge in [-0.05, 0) is 31.1 Å². The lowest BCUT2D eigenvalue weighted by Gasteiger charge is -2.36. The summed E-state index contributed by atoms with van der Waals surface area (Å²) < 4.78 is 14.3. The normalized spacial score (nSPS) is 17.1. The predicted octanol–water partition coefficient (Wildman–Crippen LogP) is 4.44. The molecular weight excluding hydrogens is 163 g/mol. The molecule has 0 unspecified atom stereocenters. The number of halogens is 1. The molecule has 0 aliphatic heterocycles. The molecule has 0 aromatic carbocycles. The molecule has 0 aromatic rings. The van der Waals surface area contributed by atoms with Gasteiger partial charge in [-0.2, -0.15) is 0 Å². The average Bonchev–Trinajstić information content (AvgIpc) is 1.82. The maximum absolute atomic E-state index is 14.3. The summed E-state index contributed by atoms with van der Waals surface area (Å²) in [6.07, 6.45) is 1.62. The number of hydrogen-bond acceptors (Lipinski definition) is 0. The smallest absolute Gasteiger partial charge is 0.111 e. The molecule has 0 amide bonds. The SMILES string of the molecule is CCC[C@](C)(F)C(C(C)C)C(C)C. The molecule has 0 saturated heterocycles. The molecule has 0 heterocycles. The quantitative estimate of drug-likeness (QED) is 0.598. The van der Waals surface area contributed by atoms with E-state index >= 15 is 0 Å². The Balaban J connectivity index is 4.52. The molecule has 0 rings (SSSR count). The van der Waals surface area contributed by atoms with E-state index < -0.39 is 5.67 Å². The number of alkyl halides is 1. The lowest BCUT2D eigenvalue weighted by molar-refractivity contribution is 0.0306. The van der Waals surface area contributed by atoms with Crippen LogP contribution >= 0.6 is 0 Å². The van der Waals surface area contributed by atoms with E-state index in [4.69, 9.17) is 0 Å². The minimum Gasteiger partial charge on any atom is -0.244 e. The van der Waals surface area contributed by atoms with Crippen molar-refractivity contribution in [3.8, 4) is 0 Å². The van der Waals surface area contributed by atoms with Gasteiger partial charge in [-0.1, -0.05) is 41.0 Å². The van der Waals surface area contributed by atoms with Gasteiger partial charge in [0.2, 0.25) is 0 Å². The van der Waals surface area contributed by atoms with Crippen molar-refractivity contribution in [3.63, 3.8) is 0 Å². The van der Waals surface area contributed by atoms with Crippen molar-refractivity contribution in [2.45, 2.75) is 60.1 Å². The predicted molar refractivity (Wildman–Crippen MR) is 57.6 cm³/mol. The molecule has 0 saturated carbocycles. The number of rotatable bonds is 5. The summed E-state index contributed by atoms with van der Waals surface area (Å²) in [5.74, 6) is 1.05. The second-order valence-electron chi connectivity index (χ2n) is 5.04. The van der Waals surface area contributed by atoms with E-state index in [2.05, 4.69) is 34.6 Å². The molecule has 0 radical (unpaired) electrons. The second kappa shape index (κ2) is 4.97. The van der Waals surface area contributed by atoms with Crippen LogP contribution in [0.25, 0.3) is 0 Å². The van der Waals surface area contributed by atoms with Crippen LogP contribution in [0, 0.1) is 17.8 Å². The van der Waals surface area contributed by atoms with Crippen LogP contribution in [-0.4, -0.2) is 5.67 Å². The summed E-state index contributed by atoms with van der Waals surface area (Å²) in [6, 6.07) is 0. The minimum atomic E-state index is -0.989. The van der Waals surface area contributed by atoms with Gasteiger partial charge in [0.1, 0.15) is 5.67 Å². The number of hydrogen-bond donors (Lipinski definition) is 0. The van der Waals surface area contributed by atoms with E-state index in [1.54, 1.807) is 6.92 Å². The Kier molecular flexibility index (Phi) is 4.95. The molecule has 0 spiro atoms. The Labute approximate surface area is 82.9 Å². The lowest BCUT2D eigenvalue weighted by Crippen LogP contribution is -2.37. The van der Waals surface area contributed by atoms with Crippen LogP contribution < -0.4 is 0 Å². The molecule has 0 aliphatic rings. The Morgan fingerprint density at radius 3 is 1.69 bits per heavy atom. The molecule has 80 valence electrons. The Morgan fingerprint density at radius 1 is 1.08 bits per heavy atom. The van der Waals surface area contributed by atoms with E-state index in [0.29, 0.717) is 18.3 Å². The minimum absolute atomic E-state index is 0.187. The zero-order valence-corrected chi connectivity index (χ0v) is 10.0. The zero-order chi connectivity index (χ0) is 10.6. The fourth-order valence-corrected chi connectivity index (χ4v) is 2.82. The van der Waals surface area contributed by atoms with Crippen molar-refractivity contribution in [1.82, 2.24) is 0 Å². The molecule has 13 heavy (non-hydrogen) atoms. The summed E-state index contributed by atoms with van der Waals surface area (Å²) >= 11 is 0. The summed E-state index contributed by atoms with van der Waals surface area (Å²) in [5, 5.41) is 0. The van der Waals surface area contributed by atoms with Crippen molar-refractivity contribution in [1.29, 1.82) is 0 Å². The van der Waals surface area contributed by atoms with Gasteiger partial charge < -0.3 is 0 Å². The highest BCUT2D eigenvalue weighted by Gasteiger charge is 2.37. The third-order valence-electron chi connectivity index (χ3n) is 2.87. The van der Waals surface area contributed by atoms with Crippen molar-refractivity contribution < 1.29 is 4.39 Å². The van der Waals surface area contributed by atoms with Gasteiger partial charge in [0.25, 0.3) is 0 Å². The van der Waals surface area contributed by atoms with Crippen LogP contribution in [-0.2, 0) is 0 Å². The van der Waals surface area contributed by atoms with Gasteiger partial charge in [0, 0.05) is 0 Å². The molecule has 1 heteroatoms. The first-order valence-corrected chi connectivity index (χ1v) is 5.51. The van der Waals surface area contributed by atoms with Crippen molar-refractivity contribution in [2.24, 2.45) is 17.8 Å². The van der Waals surface area contributed by atoms with Gasteiger partial charge in [-0.25, -0.2) is 4.39 Å². The molecule has 0 aromatic heterocycles. The summed E-state index contributed by atoms with van der Waals surface area (Å²) in [4.78, 5) is 0. The van der Waals surface area contributed by atoms with Crippen LogP contribution in [0.4, 0.5) is 4.39 Å². The van der Waals surface area contributed by atoms with Gasteiger partial charge in [0.15, 0.2) is 0 Å². The third-order valence-corrected chi connectivity index (χ3v) is 2.87. The van der Waals surface area contributed by atoms with E-state index in [9.17, 15) is 4.39 Å². The molecule has 0 N–H and O–H groups in total. The van der Waals surface area contributed by atoms with Crippen LogP contribution in [0.5, 0.6) is 0 Å². The summed E-state index contributed by atoms with van der Waals surface area (Å²) in [5.41, 5.74) is -0.989. The van der Waals surface area contributed by atoms with Gasteiger partial charge in [-0.3, -0.25) is 0 Å². The van der Waals surface area contributed by atoms with E-state index in [0.717, 1.165) is 6.42 Å². The van der Waals surface area contributed by atoms with Crippen LogP contribution in [0.2, 0.25) is 0 Å². The van der Waals surface area contributed by atoms with E-state index in [-0.39, 0.29) is 5.92 Å². The second-order valence-corrected chi connectivity index (χ2v) is 5.04. The van der Waals surface area contributed by atoms with E-state index in [1.807, 2.05) is 0 Å². The standard InChI is InChI=1S/C12H25F/c1-7-8-12(6,13)11(9(2)3)10(4)5/h9-11H,7-8H2,1-6H3/t12-/m0/s1. The first-order valence-electron chi connectivity index (χ1n) is 5.51. The third kappa shape index (κ3) is 3.66. The van der Waals surface area contributed by atoms with Crippen molar-refractivity contribution in [3.05, 3.63) is 0 Å². The summed E-state index contributed by atoms with van der Waals surface area (Å²) in [6.45, 7) is 12.3. The fraction of sp³-hybridized carbons (Fsp3) is 1.00. The lowest BCUT2D eigenvalue weighted by atomic mass is 9.73. The Morgan fingerprint density at radius 2 is 1.46 bits per heavy atom. The maximum atomic E-state index is 14.3. The highest BCUT2D eigenvalue weighted by atomic mass is 19.1. The van der Waals surface area contributed by atoms with Gasteiger partial charge in [-0.15, -0.1) is 0 Å². The Bertz CT molecular complexity index is 128. The monoisotopic (exact) mass is 188 g/mol. The van der Waals surface area contributed by atoms with Gasteiger partial charge >= 0.3 is 0 Å². The molecule has 0 fully saturated rings. The first kappa shape index (κ1) is 12.9.